The Morgan fingerprint density at radius 1 is 0.345 bits per heavy atom. The number of aromatic nitrogens is 1. The van der Waals surface area contributed by atoms with Gasteiger partial charge in [-0.2, -0.15) is 0 Å². The molecule has 11 rings (SSSR count). The fourth-order valence-electron chi connectivity index (χ4n) is 8.44. The second-order valence-electron chi connectivity index (χ2n) is 14.7. The van der Waals surface area contributed by atoms with E-state index in [9.17, 15) is 0 Å². The van der Waals surface area contributed by atoms with Crippen LogP contribution in [0.3, 0.4) is 0 Å². The molecule has 0 fully saturated rings. The molecule has 0 N–H and O–H groups in total. The molecule has 10 aromatic carbocycles. The number of anilines is 3. The molecule has 0 aliphatic heterocycles. The highest BCUT2D eigenvalue weighted by atomic mass is 16.3. The van der Waals surface area contributed by atoms with Gasteiger partial charge in [0.25, 0.3) is 0 Å². The van der Waals surface area contributed by atoms with E-state index in [1.54, 1.807) is 0 Å². The van der Waals surface area contributed by atoms with Crippen LogP contribution in [0.2, 0.25) is 0 Å². The molecule has 1 aromatic heterocycles. The van der Waals surface area contributed by atoms with Crippen molar-refractivity contribution in [2.75, 3.05) is 4.90 Å². The van der Waals surface area contributed by atoms with Crippen molar-refractivity contribution >= 4 is 60.5 Å². The number of rotatable bonds is 7. The number of oxazole rings is 1. The van der Waals surface area contributed by atoms with Gasteiger partial charge in [-0.15, -0.1) is 0 Å². The molecule has 1 heterocycles. The van der Waals surface area contributed by atoms with Crippen molar-refractivity contribution in [1.82, 2.24) is 4.98 Å². The summed E-state index contributed by atoms with van der Waals surface area (Å²) in [6, 6.07) is 77.7. The van der Waals surface area contributed by atoms with Gasteiger partial charge in [-0.25, -0.2) is 4.98 Å². The van der Waals surface area contributed by atoms with Crippen LogP contribution in [0.25, 0.3) is 88.3 Å². The van der Waals surface area contributed by atoms with Gasteiger partial charge < -0.3 is 9.32 Å². The molecular formula is C55H36N2O. The maximum absolute atomic E-state index is 6.63. The minimum Gasteiger partial charge on any atom is -0.435 e. The van der Waals surface area contributed by atoms with E-state index in [2.05, 4.69) is 217 Å². The predicted octanol–water partition coefficient (Wildman–Crippen LogP) is 15.4. The van der Waals surface area contributed by atoms with Crippen LogP contribution in [0, 0.1) is 0 Å². The summed E-state index contributed by atoms with van der Waals surface area (Å²) < 4.78 is 6.63. The fraction of sp³-hybridized carbons (Fsp3) is 0. The van der Waals surface area contributed by atoms with Crippen molar-refractivity contribution in [2.24, 2.45) is 0 Å². The van der Waals surface area contributed by atoms with Gasteiger partial charge in [-0.05, 0) is 97.4 Å². The van der Waals surface area contributed by atoms with Gasteiger partial charge in [0.15, 0.2) is 5.58 Å². The molecule has 0 aliphatic rings. The molecule has 0 spiro atoms. The van der Waals surface area contributed by atoms with E-state index in [4.69, 9.17) is 9.40 Å². The molecule has 0 radical (unpaired) electrons. The third-order valence-corrected chi connectivity index (χ3v) is 11.3. The normalized spacial score (nSPS) is 11.4. The molecule has 0 amide bonds. The number of benzene rings is 10. The van der Waals surface area contributed by atoms with Crippen molar-refractivity contribution in [2.45, 2.75) is 0 Å². The largest absolute Gasteiger partial charge is 0.435 e. The van der Waals surface area contributed by atoms with E-state index in [0.717, 1.165) is 50.1 Å². The molecule has 0 saturated carbocycles. The Balaban J connectivity index is 1.06. The summed E-state index contributed by atoms with van der Waals surface area (Å²) in [7, 11) is 0. The second-order valence-corrected chi connectivity index (χ2v) is 14.7. The molecule has 272 valence electrons. The number of nitrogens with zero attached hydrogens (tertiary/aromatic N) is 2. The van der Waals surface area contributed by atoms with Crippen molar-refractivity contribution in [3.63, 3.8) is 0 Å². The highest BCUT2D eigenvalue weighted by molar-refractivity contribution is 6.12. The maximum atomic E-state index is 6.63. The first-order valence-corrected chi connectivity index (χ1v) is 19.7. The SMILES string of the molecule is c1ccc(-c2ccc(-c3nc4cc(N(c5ccc(-c6cccc7ccccc67)cc5)c5ccc(-c6cccc7ccccc67)cc5)c5ccccc5c4o3)cc2)cc1. The van der Waals surface area contributed by atoms with Crippen molar-refractivity contribution in [3.05, 3.63) is 218 Å². The average Bonchev–Trinajstić information content (AvgIpc) is 3.74. The summed E-state index contributed by atoms with van der Waals surface area (Å²) in [5.74, 6) is 0.599. The van der Waals surface area contributed by atoms with E-state index < -0.39 is 0 Å². The summed E-state index contributed by atoms with van der Waals surface area (Å²) in [6.45, 7) is 0. The van der Waals surface area contributed by atoms with E-state index >= 15 is 0 Å². The Hall–Kier alpha value is -7.75. The Labute approximate surface area is 336 Å². The van der Waals surface area contributed by atoms with Gasteiger partial charge in [0.2, 0.25) is 5.89 Å². The Kier molecular flexibility index (Phi) is 8.15. The van der Waals surface area contributed by atoms with Gasteiger partial charge in [-0.1, -0.05) is 176 Å². The van der Waals surface area contributed by atoms with Crippen LogP contribution in [0.5, 0.6) is 0 Å². The van der Waals surface area contributed by atoms with Gasteiger partial charge in [-0.3, -0.25) is 0 Å². The third-order valence-electron chi connectivity index (χ3n) is 11.3. The Morgan fingerprint density at radius 2 is 0.793 bits per heavy atom. The molecule has 58 heavy (non-hydrogen) atoms. The first-order chi connectivity index (χ1) is 28.7. The third kappa shape index (κ3) is 5.89. The molecule has 0 aliphatic carbocycles. The second kappa shape index (κ2) is 14.1. The maximum Gasteiger partial charge on any atom is 0.227 e. The topological polar surface area (TPSA) is 29.3 Å². The molecule has 0 atom stereocenters. The lowest BCUT2D eigenvalue weighted by Gasteiger charge is -2.27. The highest BCUT2D eigenvalue weighted by Crippen LogP contribution is 2.44. The summed E-state index contributed by atoms with van der Waals surface area (Å²) in [4.78, 5) is 7.49. The Bertz CT molecular complexity index is 3120. The van der Waals surface area contributed by atoms with Crippen LogP contribution in [-0.4, -0.2) is 4.98 Å². The summed E-state index contributed by atoms with van der Waals surface area (Å²) >= 11 is 0. The lowest BCUT2D eigenvalue weighted by molar-refractivity contribution is 0.623. The smallest absolute Gasteiger partial charge is 0.227 e. The first kappa shape index (κ1) is 33.6. The molecule has 0 saturated heterocycles. The monoisotopic (exact) mass is 740 g/mol. The lowest BCUT2D eigenvalue weighted by Crippen LogP contribution is -2.10. The van der Waals surface area contributed by atoms with Gasteiger partial charge >= 0.3 is 0 Å². The van der Waals surface area contributed by atoms with E-state index in [1.165, 1.54) is 49.4 Å². The zero-order valence-corrected chi connectivity index (χ0v) is 31.6. The molecule has 3 heteroatoms. The number of fused-ring (bicyclic) bond motifs is 5. The van der Waals surface area contributed by atoms with Crippen molar-refractivity contribution in [3.8, 4) is 44.8 Å². The summed E-state index contributed by atoms with van der Waals surface area (Å²) in [6.07, 6.45) is 0. The van der Waals surface area contributed by atoms with Crippen LogP contribution >= 0.6 is 0 Å². The van der Waals surface area contributed by atoms with Crippen LogP contribution in [0.15, 0.2) is 223 Å². The molecule has 3 nitrogen and oxygen atoms in total. The van der Waals surface area contributed by atoms with Gasteiger partial charge in [0.1, 0.15) is 5.52 Å². The van der Waals surface area contributed by atoms with Crippen LogP contribution in [-0.2, 0) is 0 Å². The lowest BCUT2D eigenvalue weighted by atomic mass is 9.97. The standard InChI is InChI=1S/C55H36N2O/c1-2-12-37(13-3-1)38-24-26-43(27-25-38)55-56-52-36-53(50-20-8-9-21-51(50)54(52)58-55)57(44-32-28-41(29-33-44)48-22-10-16-39-14-4-6-18-46(39)48)45-34-30-42(31-35-45)49-23-11-17-40-15-5-7-19-47(40)49/h1-36H. The minimum atomic E-state index is 0.599. The zero-order valence-electron chi connectivity index (χ0n) is 31.6. The predicted molar refractivity (Wildman–Crippen MR) is 243 cm³/mol. The molecule has 0 bridgehead atoms. The van der Waals surface area contributed by atoms with Crippen molar-refractivity contribution in [1.29, 1.82) is 0 Å². The van der Waals surface area contributed by atoms with Crippen LogP contribution in [0.4, 0.5) is 17.1 Å². The van der Waals surface area contributed by atoms with E-state index in [-0.39, 0.29) is 0 Å². The van der Waals surface area contributed by atoms with Gasteiger partial charge in [0.05, 0.1) is 5.69 Å². The Morgan fingerprint density at radius 3 is 1.38 bits per heavy atom. The molecule has 0 unspecified atom stereocenters. The summed E-state index contributed by atoms with van der Waals surface area (Å²) in [5, 5.41) is 7.04. The highest BCUT2D eigenvalue weighted by Gasteiger charge is 2.21. The quantitative estimate of drug-likeness (QED) is 0.163. The number of hydrogen-bond acceptors (Lipinski definition) is 3. The van der Waals surface area contributed by atoms with E-state index in [1.807, 2.05) is 6.07 Å². The summed E-state index contributed by atoms with van der Waals surface area (Å²) in [5.41, 5.74) is 12.8. The molecule has 11 aromatic rings. The van der Waals surface area contributed by atoms with Gasteiger partial charge in [0, 0.05) is 27.7 Å². The van der Waals surface area contributed by atoms with Crippen molar-refractivity contribution < 1.29 is 4.42 Å². The minimum absolute atomic E-state index is 0.599. The molecular weight excluding hydrogens is 705 g/mol. The van der Waals surface area contributed by atoms with Crippen LogP contribution < -0.4 is 4.90 Å². The fourth-order valence-corrected chi connectivity index (χ4v) is 8.44. The van der Waals surface area contributed by atoms with Crippen LogP contribution in [0.1, 0.15) is 0 Å². The average molecular weight is 741 g/mol. The first-order valence-electron chi connectivity index (χ1n) is 19.7. The number of hydrogen-bond donors (Lipinski definition) is 0. The zero-order chi connectivity index (χ0) is 38.4. The van der Waals surface area contributed by atoms with E-state index in [0.29, 0.717) is 5.89 Å².